The van der Waals surface area contributed by atoms with E-state index in [0.717, 1.165) is 13.1 Å². The van der Waals surface area contributed by atoms with E-state index < -0.39 is 0 Å². The van der Waals surface area contributed by atoms with E-state index in [1.807, 2.05) is 46.4 Å². The van der Waals surface area contributed by atoms with Crippen molar-refractivity contribution in [1.29, 1.82) is 0 Å². The van der Waals surface area contributed by atoms with E-state index in [0.29, 0.717) is 25.0 Å². The molecular weight excluding hydrogens is 230 g/mol. The molecule has 1 rings (SSSR count). The highest BCUT2D eigenvalue weighted by Crippen LogP contribution is 2.13. The number of hydrogen-bond acceptors (Lipinski definition) is 5. The summed E-state index contributed by atoms with van der Waals surface area (Å²) in [6.45, 7) is 2.99. The standard InChI is InChI=1S/C13H23N3O2/c1-15(2)8-10-17-12-6-5-7-13(14-12)18-11-9-16(3)4/h5-7H,8-11H2,1-4H3. The lowest BCUT2D eigenvalue weighted by atomic mass is 10.4. The third-order valence-corrected chi connectivity index (χ3v) is 2.27. The van der Waals surface area contributed by atoms with Crippen molar-refractivity contribution in [3.05, 3.63) is 18.2 Å². The van der Waals surface area contributed by atoms with E-state index in [1.54, 1.807) is 0 Å². The van der Waals surface area contributed by atoms with Crippen LogP contribution in [0, 0.1) is 0 Å². The van der Waals surface area contributed by atoms with Gasteiger partial charge in [0.2, 0.25) is 11.8 Å². The van der Waals surface area contributed by atoms with Gasteiger partial charge in [0.25, 0.3) is 0 Å². The molecule has 0 saturated carbocycles. The Bertz CT molecular complexity index is 314. The Labute approximate surface area is 109 Å². The summed E-state index contributed by atoms with van der Waals surface area (Å²) in [6.07, 6.45) is 0. The first-order valence-electron chi connectivity index (χ1n) is 6.10. The molecule has 0 aromatic carbocycles. The van der Waals surface area contributed by atoms with Gasteiger partial charge in [-0.25, -0.2) is 0 Å². The quantitative estimate of drug-likeness (QED) is 0.690. The summed E-state index contributed by atoms with van der Waals surface area (Å²) in [6, 6.07) is 5.58. The van der Waals surface area contributed by atoms with Gasteiger partial charge in [-0.1, -0.05) is 6.07 Å². The lowest BCUT2D eigenvalue weighted by Crippen LogP contribution is -2.20. The molecule has 5 heteroatoms. The average Bonchev–Trinajstić information content (AvgIpc) is 2.28. The van der Waals surface area contributed by atoms with Gasteiger partial charge < -0.3 is 19.3 Å². The van der Waals surface area contributed by atoms with Gasteiger partial charge in [-0.15, -0.1) is 0 Å². The Kier molecular flexibility index (Phi) is 6.46. The Morgan fingerprint density at radius 3 is 1.72 bits per heavy atom. The van der Waals surface area contributed by atoms with E-state index in [4.69, 9.17) is 9.47 Å². The molecule has 1 aromatic heterocycles. The molecule has 0 N–H and O–H groups in total. The number of nitrogens with zero attached hydrogens (tertiary/aromatic N) is 3. The smallest absolute Gasteiger partial charge is 0.216 e. The second kappa shape index (κ2) is 7.89. The maximum absolute atomic E-state index is 5.54. The predicted octanol–water partition coefficient (Wildman–Crippen LogP) is 0.962. The first kappa shape index (κ1) is 14.7. The van der Waals surface area contributed by atoms with E-state index in [-0.39, 0.29) is 0 Å². The molecule has 5 nitrogen and oxygen atoms in total. The number of aromatic nitrogens is 1. The van der Waals surface area contributed by atoms with Crippen LogP contribution in [0.1, 0.15) is 0 Å². The zero-order valence-corrected chi connectivity index (χ0v) is 11.7. The molecule has 0 amide bonds. The molecular formula is C13H23N3O2. The average molecular weight is 253 g/mol. The lowest BCUT2D eigenvalue weighted by Gasteiger charge is -2.12. The fourth-order valence-electron chi connectivity index (χ4n) is 1.22. The van der Waals surface area contributed by atoms with Crippen LogP contribution in [0.2, 0.25) is 0 Å². The highest BCUT2D eigenvalue weighted by atomic mass is 16.5. The molecule has 0 aliphatic carbocycles. The van der Waals surface area contributed by atoms with Crippen LogP contribution in [-0.2, 0) is 0 Å². The molecule has 0 unspecified atom stereocenters. The molecule has 1 aromatic rings. The second-order valence-electron chi connectivity index (χ2n) is 4.62. The largest absolute Gasteiger partial charge is 0.476 e. The summed E-state index contributed by atoms with van der Waals surface area (Å²) < 4.78 is 11.1. The van der Waals surface area contributed by atoms with Gasteiger partial charge in [-0.2, -0.15) is 4.98 Å². The Balaban J connectivity index is 2.36. The van der Waals surface area contributed by atoms with Crippen molar-refractivity contribution >= 4 is 0 Å². The lowest BCUT2D eigenvalue weighted by molar-refractivity contribution is 0.236. The minimum atomic E-state index is 0.610. The Morgan fingerprint density at radius 2 is 1.33 bits per heavy atom. The Morgan fingerprint density at radius 1 is 0.889 bits per heavy atom. The van der Waals surface area contributed by atoms with Gasteiger partial charge in [-0.05, 0) is 28.2 Å². The highest BCUT2D eigenvalue weighted by Gasteiger charge is 2.00. The maximum Gasteiger partial charge on any atom is 0.216 e. The summed E-state index contributed by atoms with van der Waals surface area (Å²) in [5.41, 5.74) is 0. The van der Waals surface area contributed by atoms with Gasteiger partial charge in [0.05, 0.1) is 0 Å². The SMILES string of the molecule is CN(C)CCOc1cccc(OCCN(C)C)n1. The van der Waals surface area contributed by atoms with Crippen molar-refractivity contribution in [2.24, 2.45) is 0 Å². The van der Waals surface area contributed by atoms with E-state index in [1.165, 1.54) is 0 Å². The van der Waals surface area contributed by atoms with Gasteiger partial charge in [0, 0.05) is 25.2 Å². The van der Waals surface area contributed by atoms with Crippen LogP contribution in [0.25, 0.3) is 0 Å². The first-order valence-corrected chi connectivity index (χ1v) is 6.10. The van der Waals surface area contributed by atoms with E-state index >= 15 is 0 Å². The fourth-order valence-corrected chi connectivity index (χ4v) is 1.22. The zero-order valence-electron chi connectivity index (χ0n) is 11.7. The Hall–Kier alpha value is -1.33. The fraction of sp³-hybridized carbons (Fsp3) is 0.615. The topological polar surface area (TPSA) is 37.8 Å². The molecule has 102 valence electrons. The van der Waals surface area contributed by atoms with E-state index in [2.05, 4.69) is 14.8 Å². The molecule has 0 radical (unpaired) electrons. The molecule has 0 spiro atoms. The minimum Gasteiger partial charge on any atom is -0.476 e. The van der Waals surface area contributed by atoms with E-state index in [9.17, 15) is 0 Å². The molecule has 0 saturated heterocycles. The van der Waals surface area contributed by atoms with Crippen LogP contribution >= 0.6 is 0 Å². The van der Waals surface area contributed by atoms with Gasteiger partial charge >= 0.3 is 0 Å². The molecule has 0 aliphatic heterocycles. The molecule has 0 atom stereocenters. The molecule has 0 aliphatic rings. The van der Waals surface area contributed by atoms with Crippen molar-refractivity contribution in [3.8, 4) is 11.8 Å². The van der Waals surface area contributed by atoms with Crippen molar-refractivity contribution in [2.75, 3.05) is 54.5 Å². The number of pyridine rings is 1. The third kappa shape index (κ3) is 6.42. The van der Waals surface area contributed by atoms with Gasteiger partial charge in [0.1, 0.15) is 13.2 Å². The van der Waals surface area contributed by atoms with Crippen LogP contribution in [-0.4, -0.2) is 69.3 Å². The predicted molar refractivity (Wildman–Crippen MR) is 72.3 cm³/mol. The van der Waals surface area contributed by atoms with Crippen molar-refractivity contribution in [1.82, 2.24) is 14.8 Å². The van der Waals surface area contributed by atoms with Crippen LogP contribution < -0.4 is 9.47 Å². The van der Waals surface area contributed by atoms with Gasteiger partial charge in [0.15, 0.2) is 0 Å². The first-order chi connectivity index (χ1) is 8.58. The van der Waals surface area contributed by atoms with Crippen LogP contribution in [0.3, 0.4) is 0 Å². The normalized spacial score (nSPS) is 11.0. The van der Waals surface area contributed by atoms with Crippen molar-refractivity contribution in [2.45, 2.75) is 0 Å². The van der Waals surface area contributed by atoms with Crippen LogP contribution in [0.15, 0.2) is 18.2 Å². The zero-order chi connectivity index (χ0) is 13.4. The van der Waals surface area contributed by atoms with Gasteiger partial charge in [-0.3, -0.25) is 0 Å². The summed E-state index contributed by atoms with van der Waals surface area (Å²) in [5.74, 6) is 1.22. The van der Waals surface area contributed by atoms with Crippen molar-refractivity contribution in [3.63, 3.8) is 0 Å². The molecule has 0 fully saturated rings. The molecule has 0 bridgehead atoms. The highest BCUT2D eigenvalue weighted by molar-refractivity contribution is 5.19. The summed E-state index contributed by atoms with van der Waals surface area (Å²) in [5, 5.41) is 0. The monoisotopic (exact) mass is 253 g/mol. The summed E-state index contributed by atoms with van der Waals surface area (Å²) >= 11 is 0. The molecule has 18 heavy (non-hydrogen) atoms. The maximum atomic E-state index is 5.54. The molecule has 1 heterocycles. The third-order valence-electron chi connectivity index (χ3n) is 2.27. The van der Waals surface area contributed by atoms with Crippen LogP contribution in [0.4, 0.5) is 0 Å². The minimum absolute atomic E-state index is 0.610. The number of hydrogen-bond donors (Lipinski definition) is 0. The second-order valence-corrected chi connectivity index (χ2v) is 4.62. The summed E-state index contributed by atoms with van der Waals surface area (Å²) in [7, 11) is 8.05. The summed E-state index contributed by atoms with van der Waals surface area (Å²) in [4.78, 5) is 8.42. The van der Waals surface area contributed by atoms with Crippen LogP contribution in [0.5, 0.6) is 11.8 Å². The van der Waals surface area contributed by atoms with Crippen molar-refractivity contribution < 1.29 is 9.47 Å². The number of likely N-dealkylation sites (N-methyl/N-ethyl adjacent to an activating group) is 2. The number of rotatable bonds is 8. The number of ether oxygens (including phenoxy) is 2.